The van der Waals surface area contributed by atoms with E-state index in [-0.39, 0.29) is 30.0 Å². The number of hydrogen-bond donors (Lipinski definition) is 3. The van der Waals surface area contributed by atoms with Crippen LogP contribution in [0.25, 0.3) is 0 Å². The van der Waals surface area contributed by atoms with E-state index in [0.29, 0.717) is 11.8 Å². The van der Waals surface area contributed by atoms with Crippen molar-refractivity contribution < 1.29 is 14.7 Å². The number of amides is 2. The zero-order chi connectivity index (χ0) is 15.0. The standard InChI is InChI=1S/C16H26N2O3/c1-9-3-2-4-12(7-9)17-16(21)18-14-11-6-5-10(8-11)13(14)15(19)20/h9-14H,2-8H2,1H3,(H,19,20)(H2,17,18,21). The molecule has 2 bridgehead atoms. The van der Waals surface area contributed by atoms with Crippen molar-refractivity contribution in [2.24, 2.45) is 23.7 Å². The maximum Gasteiger partial charge on any atom is 0.315 e. The maximum atomic E-state index is 12.2. The number of carboxylic acids is 1. The molecule has 0 aromatic carbocycles. The molecule has 5 nitrogen and oxygen atoms in total. The zero-order valence-electron chi connectivity index (χ0n) is 12.7. The van der Waals surface area contributed by atoms with Crippen LogP contribution in [0.3, 0.4) is 0 Å². The highest BCUT2D eigenvalue weighted by atomic mass is 16.4. The molecule has 3 aliphatic carbocycles. The molecule has 6 unspecified atom stereocenters. The quantitative estimate of drug-likeness (QED) is 0.747. The van der Waals surface area contributed by atoms with Gasteiger partial charge in [-0.1, -0.05) is 19.8 Å². The monoisotopic (exact) mass is 294 g/mol. The smallest absolute Gasteiger partial charge is 0.315 e. The average Bonchev–Trinajstić information content (AvgIpc) is 2.99. The number of aliphatic carboxylic acids is 1. The number of urea groups is 1. The van der Waals surface area contributed by atoms with E-state index in [1.165, 1.54) is 6.42 Å². The highest BCUT2D eigenvalue weighted by Crippen LogP contribution is 2.48. The fourth-order valence-corrected chi connectivity index (χ4v) is 4.80. The van der Waals surface area contributed by atoms with Crippen molar-refractivity contribution in [1.82, 2.24) is 10.6 Å². The molecule has 2 amide bonds. The molecule has 3 saturated carbocycles. The van der Waals surface area contributed by atoms with Crippen molar-refractivity contribution in [3.63, 3.8) is 0 Å². The molecule has 0 spiro atoms. The van der Waals surface area contributed by atoms with Crippen LogP contribution in [0.2, 0.25) is 0 Å². The zero-order valence-corrected chi connectivity index (χ0v) is 12.7. The third-order valence-corrected chi connectivity index (χ3v) is 5.77. The largest absolute Gasteiger partial charge is 0.481 e. The lowest BCUT2D eigenvalue weighted by Gasteiger charge is -2.31. The summed E-state index contributed by atoms with van der Waals surface area (Å²) in [6.07, 6.45) is 7.50. The lowest BCUT2D eigenvalue weighted by atomic mass is 9.84. The Morgan fingerprint density at radius 2 is 1.76 bits per heavy atom. The highest BCUT2D eigenvalue weighted by Gasteiger charge is 2.51. The van der Waals surface area contributed by atoms with E-state index in [9.17, 15) is 14.7 Å². The van der Waals surface area contributed by atoms with E-state index in [4.69, 9.17) is 0 Å². The Balaban J connectivity index is 1.55. The molecular weight excluding hydrogens is 268 g/mol. The molecule has 21 heavy (non-hydrogen) atoms. The van der Waals surface area contributed by atoms with Crippen LogP contribution in [0.15, 0.2) is 0 Å². The molecule has 5 heteroatoms. The summed E-state index contributed by atoms with van der Waals surface area (Å²) >= 11 is 0. The van der Waals surface area contributed by atoms with E-state index in [2.05, 4.69) is 17.6 Å². The summed E-state index contributed by atoms with van der Waals surface area (Å²) in [7, 11) is 0. The van der Waals surface area contributed by atoms with Crippen LogP contribution in [-0.2, 0) is 4.79 Å². The van der Waals surface area contributed by atoms with Crippen LogP contribution < -0.4 is 10.6 Å². The van der Waals surface area contributed by atoms with E-state index in [0.717, 1.165) is 38.5 Å². The molecule has 3 aliphatic rings. The predicted molar refractivity (Wildman–Crippen MR) is 78.8 cm³/mol. The van der Waals surface area contributed by atoms with Crippen molar-refractivity contribution in [2.75, 3.05) is 0 Å². The van der Waals surface area contributed by atoms with Gasteiger partial charge >= 0.3 is 12.0 Å². The summed E-state index contributed by atoms with van der Waals surface area (Å²) in [6, 6.07) is -0.101. The summed E-state index contributed by atoms with van der Waals surface area (Å²) in [5.41, 5.74) is 0. The van der Waals surface area contributed by atoms with Gasteiger partial charge in [0.2, 0.25) is 0 Å². The van der Waals surface area contributed by atoms with Crippen LogP contribution in [0, 0.1) is 23.7 Å². The SMILES string of the molecule is CC1CCCC(NC(=O)NC2C3CCC(C3)C2C(=O)O)C1. The first-order valence-electron chi connectivity index (χ1n) is 8.34. The summed E-state index contributed by atoms with van der Waals surface area (Å²) in [4.78, 5) is 23.6. The van der Waals surface area contributed by atoms with Gasteiger partial charge in [0, 0.05) is 12.1 Å². The van der Waals surface area contributed by atoms with Gasteiger partial charge in [-0.2, -0.15) is 0 Å². The van der Waals surface area contributed by atoms with Crippen molar-refractivity contribution in [2.45, 2.75) is 64.0 Å². The van der Waals surface area contributed by atoms with Crippen LogP contribution >= 0.6 is 0 Å². The van der Waals surface area contributed by atoms with Crippen molar-refractivity contribution >= 4 is 12.0 Å². The summed E-state index contributed by atoms with van der Waals surface area (Å²) in [5, 5.41) is 15.4. The minimum atomic E-state index is -0.751. The minimum absolute atomic E-state index is 0.169. The van der Waals surface area contributed by atoms with Gasteiger partial charge in [-0.3, -0.25) is 4.79 Å². The Morgan fingerprint density at radius 3 is 2.48 bits per heavy atom. The molecule has 0 aliphatic heterocycles. The molecule has 118 valence electrons. The number of carbonyl (C=O) groups is 2. The van der Waals surface area contributed by atoms with Gasteiger partial charge in [0.15, 0.2) is 0 Å². The molecule has 0 aromatic rings. The average molecular weight is 294 g/mol. The molecule has 0 heterocycles. The Kier molecular flexibility index (Phi) is 4.09. The number of fused-ring (bicyclic) bond motifs is 2. The van der Waals surface area contributed by atoms with Gasteiger partial charge in [0.05, 0.1) is 5.92 Å². The Morgan fingerprint density at radius 1 is 1.00 bits per heavy atom. The first-order chi connectivity index (χ1) is 10.0. The summed E-state index contributed by atoms with van der Waals surface area (Å²) < 4.78 is 0. The Bertz CT molecular complexity index is 426. The molecule has 3 fully saturated rings. The first kappa shape index (κ1) is 14.7. The van der Waals surface area contributed by atoms with Crippen LogP contribution in [0.4, 0.5) is 4.79 Å². The third kappa shape index (κ3) is 3.01. The second kappa shape index (κ2) is 5.85. The van der Waals surface area contributed by atoms with Gasteiger partial charge in [-0.05, 0) is 49.9 Å². The number of carbonyl (C=O) groups excluding carboxylic acids is 1. The van der Waals surface area contributed by atoms with Crippen LogP contribution in [-0.4, -0.2) is 29.2 Å². The molecule has 3 rings (SSSR count). The number of hydrogen-bond acceptors (Lipinski definition) is 2. The molecule has 0 aromatic heterocycles. The van der Waals surface area contributed by atoms with E-state index >= 15 is 0 Å². The molecule has 0 saturated heterocycles. The lowest BCUT2D eigenvalue weighted by molar-refractivity contribution is -0.144. The number of nitrogens with one attached hydrogen (secondary N) is 2. The Labute approximate surface area is 125 Å². The second-order valence-corrected chi connectivity index (χ2v) is 7.31. The van der Waals surface area contributed by atoms with Gasteiger partial charge in [-0.15, -0.1) is 0 Å². The Hall–Kier alpha value is -1.26. The summed E-state index contributed by atoms with van der Waals surface area (Å²) in [5.74, 6) is 0.136. The van der Waals surface area contributed by atoms with E-state index in [1.807, 2.05) is 0 Å². The number of carboxylic acid groups (broad SMARTS) is 1. The fourth-order valence-electron chi connectivity index (χ4n) is 4.80. The third-order valence-electron chi connectivity index (χ3n) is 5.77. The molecule has 3 N–H and O–H groups in total. The molecular formula is C16H26N2O3. The van der Waals surface area contributed by atoms with Crippen molar-refractivity contribution in [1.29, 1.82) is 0 Å². The fraction of sp³-hybridized carbons (Fsp3) is 0.875. The second-order valence-electron chi connectivity index (χ2n) is 7.31. The lowest BCUT2D eigenvalue weighted by Crippen LogP contribution is -2.52. The van der Waals surface area contributed by atoms with E-state index in [1.54, 1.807) is 0 Å². The van der Waals surface area contributed by atoms with Crippen molar-refractivity contribution in [3.05, 3.63) is 0 Å². The first-order valence-corrected chi connectivity index (χ1v) is 8.34. The molecule has 0 radical (unpaired) electrons. The topological polar surface area (TPSA) is 78.4 Å². The summed E-state index contributed by atoms with van der Waals surface area (Å²) in [6.45, 7) is 2.22. The maximum absolute atomic E-state index is 12.2. The number of rotatable bonds is 3. The minimum Gasteiger partial charge on any atom is -0.481 e. The van der Waals surface area contributed by atoms with Gasteiger partial charge in [0.25, 0.3) is 0 Å². The normalized spacial score (nSPS) is 41.8. The highest BCUT2D eigenvalue weighted by molar-refractivity contribution is 5.77. The van der Waals surface area contributed by atoms with Crippen molar-refractivity contribution in [3.8, 4) is 0 Å². The van der Waals surface area contributed by atoms with Crippen LogP contribution in [0.5, 0.6) is 0 Å². The van der Waals surface area contributed by atoms with Gasteiger partial charge < -0.3 is 15.7 Å². The predicted octanol–water partition coefficient (Wildman–Crippen LogP) is 2.36. The molecule has 6 atom stereocenters. The van der Waals surface area contributed by atoms with Gasteiger partial charge in [0.1, 0.15) is 0 Å². The van der Waals surface area contributed by atoms with Crippen LogP contribution in [0.1, 0.15) is 51.9 Å². The van der Waals surface area contributed by atoms with Gasteiger partial charge in [-0.25, -0.2) is 4.79 Å². The van der Waals surface area contributed by atoms with E-state index < -0.39 is 5.97 Å².